The summed E-state index contributed by atoms with van der Waals surface area (Å²) >= 11 is 0. The molecular weight excluding hydrogens is 310 g/mol. The Hall–Kier alpha value is -3.21. The van der Waals surface area contributed by atoms with Gasteiger partial charge in [-0.3, -0.25) is 4.90 Å². The highest BCUT2D eigenvalue weighted by molar-refractivity contribution is 6.07. The van der Waals surface area contributed by atoms with E-state index >= 15 is 0 Å². The Morgan fingerprint density at radius 1 is 0.792 bits per heavy atom. The lowest BCUT2D eigenvalue weighted by Crippen LogP contribution is -2.31. The second-order valence-corrected chi connectivity index (χ2v) is 5.06. The summed E-state index contributed by atoms with van der Waals surface area (Å²) in [6, 6.07) is 20.4. The van der Waals surface area contributed by atoms with Crippen LogP contribution < -0.4 is 10.2 Å². The SMILES string of the molecule is O=C(Nc1ccc(F)cc1F)N(c1ccccc1)c1ccccc1. The zero-order valence-corrected chi connectivity index (χ0v) is 12.6. The van der Waals surface area contributed by atoms with Crippen LogP contribution in [-0.4, -0.2) is 6.03 Å². The lowest BCUT2D eigenvalue weighted by Gasteiger charge is -2.23. The molecule has 24 heavy (non-hydrogen) atoms. The minimum absolute atomic E-state index is 0.0849. The van der Waals surface area contributed by atoms with Gasteiger partial charge in [0.05, 0.1) is 17.1 Å². The maximum absolute atomic E-state index is 13.8. The molecule has 0 radical (unpaired) electrons. The van der Waals surface area contributed by atoms with Crippen molar-refractivity contribution in [3.63, 3.8) is 0 Å². The summed E-state index contributed by atoms with van der Waals surface area (Å²) in [6.07, 6.45) is 0. The van der Waals surface area contributed by atoms with Gasteiger partial charge in [-0.2, -0.15) is 0 Å². The van der Waals surface area contributed by atoms with Crippen LogP contribution in [-0.2, 0) is 0 Å². The molecule has 3 rings (SSSR count). The van der Waals surface area contributed by atoms with Crippen molar-refractivity contribution in [3.8, 4) is 0 Å². The first-order chi connectivity index (χ1) is 11.6. The second kappa shape index (κ2) is 6.91. The van der Waals surface area contributed by atoms with E-state index in [-0.39, 0.29) is 5.69 Å². The molecule has 0 heterocycles. The Balaban J connectivity index is 1.95. The van der Waals surface area contributed by atoms with Gasteiger partial charge in [0.25, 0.3) is 0 Å². The van der Waals surface area contributed by atoms with Crippen molar-refractivity contribution in [2.24, 2.45) is 0 Å². The third-order valence-corrected chi connectivity index (χ3v) is 3.40. The molecule has 3 nitrogen and oxygen atoms in total. The molecular formula is C19H14F2N2O. The quantitative estimate of drug-likeness (QED) is 0.693. The van der Waals surface area contributed by atoms with Crippen LogP contribution in [0.15, 0.2) is 78.9 Å². The van der Waals surface area contributed by atoms with Gasteiger partial charge in [-0.05, 0) is 36.4 Å². The van der Waals surface area contributed by atoms with Gasteiger partial charge < -0.3 is 5.32 Å². The highest BCUT2D eigenvalue weighted by atomic mass is 19.1. The number of urea groups is 1. The summed E-state index contributed by atoms with van der Waals surface area (Å²) in [6.45, 7) is 0. The maximum Gasteiger partial charge on any atom is 0.331 e. The van der Waals surface area contributed by atoms with Gasteiger partial charge in [-0.25, -0.2) is 13.6 Å². The normalized spacial score (nSPS) is 10.2. The molecule has 0 saturated carbocycles. The van der Waals surface area contributed by atoms with Crippen LogP contribution in [0, 0.1) is 11.6 Å². The number of carbonyl (C=O) groups is 1. The summed E-state index contributed by atoms with van der Waals surface area (Å²) in [5.74, 6) is -1.53. The summed E-state index contributed by atoms with van der Waals surface area (Å²) < 4.78 is 26.8. The number of benzene rings is 3. The molecule has 0 unspecified atom stereocenters. The van der Waals surface area contributed by atoms with Gasteiger partial charge in [0.2, 0.25) is 0 Å². The van der Waals surface area contributed by atoms with Crippen LogP contribution in [0.1, 0.15) is 0 Å². The Bertz CT molecular complexity index is 799. The average Bonchev–Trinajstić information content (AvgIpc) is 2.60. The van der Waals surface area contributed by atoms with E-state index in [0.29, 0.717) is 11.4 Å². The van der Waals surface area contributed by atoms with Crippen molar-refractivity contribution in [2.75, 3.05) is 10.2 Å². The zero-order chi connectivity index (χ0) is 16.9. The van der Waals surface area contributed by atoms with Crippen molar-refractivity contribution >= 4 is 23.1 Å². The molecule has 1 N–H and O–H groups in total. The second-order valence-electron chi connectivity index (χ2n) is 5.06. The molecule has 3 aromatic carbocycles. The highest BCUT2D eigenvalue weighted by Gasteiger charge is 2.19. The van der Waals surface area contributed by atoms with Gasteiger partial charge in [-0.1, -0.05) is 36.4 Å². The number of nitrogens with one attached hydrogen (secondary N) is 1. The molecule has 0 aliphatic rings. The zero-order valence-electron chi connectivity index (χ0n) is 12.6. The van der Waals surface area contributed by atoms with Gasteiger partial charge in [0.1, 0.15) is 11.6 Å². The van der Waals surface area contributed by atoms with Crippen molar-refractivity contribution in [2.45, 2.75) is 0 Å². The molecule has 0 aliphatic carbocycles. The molecule has 5 heteroatoms. The van der Waals surface area contributed by atoms with E-state index in [1.807, 2.05) is 12.1 Å². The predicted octanol–water partition coefficient (Wildman–Crippen LogP) is 5.34. The van der Waals surface area contributed by atoms with Crippen LogP contribution in [0.3, 0.4) is 0 Å². The monoisotopic (exact) mass is 324 g/mol. The first kappa shape index (κ1) is 15.7. The van der Waals surface area contributed by atoms with E-state index in [4.69, 9.17) is 0 Å². The van der Waals surface area contributed by atoms with E-state index in [2.05, 4.69) is 5.32 Å². The summed E-state index contributed by atoms with van der Waals surface area (Å²) in [5.41, 5.74) is 1.17. The number of rotatable bonds is 3. The Kier molecular flexibility index (Phi) is 4.52. The fourth-order valence-electron chi connectivity index (χ4n) is 2.30. The van der Waals surface area contributed by atoms with Crippen LogP contribution >= 0.6 is 0 Å². The van der Waals surface area contributed by atoms with Crippen molar-refractivity contribution in [1.29, 1.82) is 0 Å². The van der Waals surface area contributed by atoms with Gasteiger partial charge in [-0.15, -0.1) is 0 Å². The lowest BCUT2D eigenvalue weighted by molar-refractivity contribution is 0.259. The maximum atomic E-state index is 13.8. The Labute approximate surface area is 138 Å². The van der Waals surface area contributed by atoms with Crippen LogP contribution in [0.5, 0.6) is 0 Å². The smallest absolute Gasteiger partial charge is 0.304 e. The topological polar surface area (TPSA) is 32.3 Å². The predicted molar refractivity (Wildman–Crippen MR) is 90.4 cm³/mol. The highest BCUT2D eigenvalue weighted by Crippen LogP contribution is 2.26. The molecule has 0 atom stereocenters. The van der Waals surface area contributed by atoms with Gasteiger partial charge in [0, 0.05) is 6.07 Å². The third kappa shape index (κ3) is 3.41. The summed E-state index contributed by atoms with van der Waals surface area (Å²) in [5, 5.41) is 2.48. The fourth-order valence-corrected chi connectivity index (χ4v) is 2.30. The molecule has 0 aromatic heterocycles. The largest absolute Gasteiger partial charge is 0.331 e. The van der Waals surface area contributed by atoms with E-state index in [0.717, 1.165) is 12.1 Å². The van der Waals surface area contributed by atoms with E-state index in [9.17, 15) is 13.6 Å². The number of nitrogens with zero attached hydrogens (tertiary/aromatic N) is 1. The Morgan fingerprint density at radius 3 is 1.83 bits per heavy atom. The summed E-state index contributed by atoms with van der Waals surface area (Å²) in [7, 11) is 0. The fraction of sp³-hybridized carbons (Fsp3) is 0. The first-order valence-electron chi connectivity index (χ1n) is 7.31. The number of hydrogen-bond donors (Lipinski definition) is 1. The minimum Gasteiger partial charge on any atom is -0.304 e. The average molecular weight is 324 g/mol. The number of halogens is 2. The summed E-state index contributed by atoms with van der Waals surface area (Å²) in [4.78, 5) is 14.1. The van der Waals surface area contributed by atoms with E-state index in [1.54, 1.807) is 48.5 Å². The number of hydrogen-bond acceptors (Lipinski definition) is 1. The van der Waals surface area contributed by atoms with Crippen LogP contribution in [0.4, 0.5) is 30.6 Å². The number of anilines is 3. The molecule has 0 bridgehead atoms. The van der Waals surface area contributed by atoms with Crippen LogP contribution in [0.2, 0.25) is 0 Å². The molecule has 3 aromatic rings. The number of amides is 2. The molecule has 0 aliphatic heterocycles. The molecule has 2 amide bonds. The number of carbonyl (C=O) groups excluding carboxylic acids is 1. The lowest BCUT2D eigenvalue weighted by atomic mass is 10.2. The van der Waals surface area contributed by atoms with E-state index < -0.39 is 17.7 Å². The number of para-hydroxylation sites is 2. The minimum atomic E-state index is -0.829. The first-order valence-corrected chi connectivity index (χ1v) is 7.31. The van der Waals surface area contributed by atoms with Crippen molar-refractivity contribution < 1.29 is 13.6 Å². The van der Waals surface area contributed by atoms with Crippen molar-refractivity contribution in [3.05, 3.63) is 90.5 Å². The van der Waals surface area contributed by atoms with Crippen molar-refractivity contribution in [1.82, 2.24) is 0 Å². The van der Waals surface area contributed by atoms with Crippen LogP contribution in [0.25, 0.3) is 0 Å². The van der Waals surface area contributed by atoms with Gasteiger partial charge in [0.15, 0.2) is 0 Å². The Morgan fingerprint density at radius 2 is 1.33 bits per heavy atom. The standard InChI is InChI=1S/C19H14F2N2O/c20-14-11-12-18(17(21)13-14)22-19(24)23(15-7-3-1-4-8-15)16-9-5-2-6-10-16/h1-13H,(H,22,24). The van der Waals surface area contributed by atoms with Gasteiger partial charge >= 0.3 is 6.03 Å². The molecule has 120 valence electrons. The molecule has 0 spiro atoms. The van der Waals surface area contributed by atoms with E-state index in [1.165, 1.54) is 11.0 Å². The molecule has 0 fully saturated rings. The molecule has 0 saturated heterocycles. The third-order valence-electron chi connectivity index (χ3n) is 3.40.